The highest BCUT2D eigenvalue weighted by Gasteiger charge is 2.18. The van der Waals surface area contributed by atoms with Crippen molar-refractivity contribution >= 4 is 28.1 Å². The molecule has 0 atom stereocenters. The molecule has 1 aromatic heterocycles. The predicted molar refractivity (Wildman–Crippen MR) is 116 cm³/mol. The number of nitrogens with two attached hydrogens (primary N) is 1. The van der Waals surface area contributed by atoms with E-state index in [1.54, 1.807) is 12.1 Å². The molecule has 0 fully saturated rings. The fraction of sp³-hybridized carbons (Fsp3) is 0.227. The van der Waals surface area contributed by atoms with Crippen molar-refractivity contribution in [2.75, 3.05) is 11.4 Å². The zero-order valence-corrected chi connectivity index (χ0v) is 17.0. The van der Waals surface area contributed by atoms with Crippen molar-refractivity contribution in [3.05, 3.63) is 71.8 Å². The maximum atomic E-state index is 11.3. The molecule has 0 saturated heterocycles. The van der Waals surface area contributed by atoms with Gasteiger partial charge < -0.3 is 10.6 Å². The van der Waals surface area contributed by atoms with E-state index in [1.165, 1.54) is 16.9 Å². The lowest BCUT2D eigenvalue weighted by Crippen LogP contribution is -2.22. The minimum Gasteiger partial charge on any atom is -0.366 e. The maximum Gasteiger partial charge on any atom is 0.248 e. The summed E-state index contributed by atoms with van der Waals surface area (Å²) < 4.78 is 0. The normalized spacial score (nSPS) is 10.6. The topological polar surface area (TPSA) is 72.1 Å². The fourth-order valence-corrected chi connectivity index (χ4v) is 3.82. The fourth-order valence-electron chi connectivity index (χ4n) is 2.92. The Labute approximate surface area is 169 Å². The monoisotopic (exact) mass is 392 g/mol. The number of unbranched alkanes of at least 4 members (excludes halogenated alkanes) is 1. The smallest absolute Gasteiger partial charge is 0.248 e. The highest BCUT2D eigenvalue weighted by molar-refractivity contribution is 7.18. The van der Waals surface area contributed by atoms with Crippen molar-refractivity contribution in [3.8, 4) is 10.6 Å². The van der Waals surface area contributed by atoms with Crippen LogP contribution in [0.3, 0.4) is 0 Å². The van der Waals surface area contributed by atoms with Crippen molar-refractivity contribution < 1.29 is 4.79 Å². The summed E-state index contributed by atoms with van der Waals surface area (Å²) in [4.78, 5) is 13.4. The van der Waals surface area contributed by atoms with E-state index >= 15 is 0 Å². The maximum absolute atomic E-state index is 11.3. The minimum absolute atomic E-state index is 0.440. The van der Waals surface area contributed by atoms with Gasteiger partial charge in [-0.2, -0.15) is 0 Å². The second-order valence-corrected chi connectivity index (χ2v) is 7.55. The van der Waals surface area contributed by atoms with Gasteiger partial charge in [0.15, 0.2) is 0 Å². The van der Waals surface area contributed by atoms with Crippen molar-refractivity contribution in [2.45, 2.75) is 26.7 Å². The van der Waals surface area contributed by atoms with E-state index in [9.17, 15) is 4.79 Å². The van der Waals surface area contributed by atoms with Crippen LogP contribution in [0.2, 0.25) is 0 Å². The van der Waals surface area contributed by atoms with E-state index in [1.807, 2.05) is 24.3 Å². The molecule has 0 spiro atoms. The summed E-state index contributed by atoms with van der Waals surface area (Å²) in [5.41, 5.74) is 9.92. The molecule has 1 amide bonds. The number of amides is 1. The van der Waals surface area contributed by atoms with Crippen molar-refractivity contribution in [1.82, 2.24) is 10.2 Å². The second-order valence-electron chi connectivity index (χ2n) is 6.60. The molecule has 5 nitrogen and oxygen atoms in total. The van der Waals surface area contributed by atoms with Crippen LogP contribution in [0.25, 0.3) is 16.3 Å². The predicted octanol–water partition coefficient (Wildman–Crippen LogP) is 4.89. The molecule has 28 heavy (non-hydrogen) atoms. The van der Waals surface area contributed by atoms with Gasteiger partial charge in [0.2, 0.25) is 11.0 Å². The van der Waals surface area contributed by atoms with Crippen molar-refractivity contribution in [2.24, 2.45) is 5.73 Å². The Balaban J connectivity index is 1.90. The number of primary amides is 1. The van der Waals surface area contributed by atoms with E-state index in [0.29, 0.717) is 5.56 Å². The van der Waals surface area contributed by atoms with Gasteiger partial charge >= 0.3 is 0 Å². The van der Waals surface area contributed by atoms with Crippen molar-refractivity contribution in [1.29, 1.82) is 0 Å². The first-order chi connectivity index (χ1) is 13.5. The summed E-state index contributed by atoms with van der Waals surface area (Å²) in [6.45, 7) is 9.43. The van der Waals surface area contributed by atoms with Crippen LogP contribution in [0.4, 0.5) is 5.13 Å². The molecule has 0 aliphatic carbocycles. The van der Waals surface area contributed by atoms with Crippen LogP contribution >= 0.6 is 11.3 Å². The first-order valence-electron chi connectivity index (χ1n) is 9.27. The van der Waals surface area contributed by atoms with Crippen LogP contribution in [0.1, 0.15) is 41.3 Å². The standard InChI is InChI=1S/C22H24N4OS/c1-4-5-14-26(16(3)19-9-7-6-8-15(19)2)22-25-24-21(28-22)18-12-10-17(11-13-18)20(23)27/h6-13H,3-5,14H2,1-2H3,(H2,23,27). The number of hydrogen-bond donors (Lipinski definition) is 1. The molecule has 144 valence electrons. The number of anilines is 1. The number of benzene rings is 2. The molecule has 0 saturated carbocycles. The van der Waals surface area contributed by atoms with Gasteiger partial charge in [-0.05, 0) is 31.0 Å². The Bertz CT molecular complexity index is 978. The van der Waals surface area contributed by atoms with Crippen LogP contribution in [0.15, 0.2) is 55.1 Å². The van der Waals surface area contributed by atoms with Gasteiger partial charge in [0.1, 0.15) is 5.01 Å². The Morgan fingerprint density at radius 2 is 1.86 bits per heavy atom. The van der Waals surface area contributed by atoms with Gasteiger partial charge in [-0.25, -0.2) is 0 Å². The Morgan fingerprint density at radius 3 is 2.50 bits per heavy atom. The van der Waals surface area contributed by atoms with E-state index in [0.717, 1.165) is 46.3 Å². The number of aromatic nitrogens is 2. The van der Waals surface area contributed by atoms with Crippen LogP contribution in [-0.2, 0) is 0 Å². The molecule has 2 aromatic carbocycles. The molecular weight excluding hydrogens is 368 g/mol. The summed E-state index contributed by atoms with van der Waals surface area (Å²) in [5, 5.41) is 10.4. The van der Waals surface area contributed by atoms with E-state index in [4.69, 9.17) is 5.73 Å². The number of carbonyl (C=O) groups is 1. The van der Waals surface area contributed by atoms with Gasteiger partial charge in [0.25, 0.3) is 0 Å². The summed E-state index contributed by atoms with van der Waals surface area (Å²) >= 11 is 1.51. The molecule has 3 rings (SSSR count). The Morgan fingerprint density at radius 1 is 1.14 bits per heavy atom. The van der Waals surface area contributed by atoms with Crippen LogP contribution in [0.5, 0.6) is 0 Å². The van der Waals surface area contributed by atoms with Crippen LogP contribution in [0, 0.1) is 6.92 Å². The van der Waals surface area contributed by atoms with E-state index in [-0.39, 0.29) is 0 Å². The number of rotatable bonds is 8. The summed E-state index contributed by atoms with van der Waals surface area (Å²) in [6.07, 6.45) is 2.12. The summed E-state index contributed by atoms with van der Waals surface area (Å²) in [6, 6.07) is 15.3. The lowest BCUT2D eigenvalue weighted by atomic mass is 10.1. The van der Waals surface area contributed by atoms with Gasteiger partial charge in [-0.15, -0.1) is 10.2 Å². The molecule has 2 N–H and O–H groups in total. The SMILES string of the molecule is C=C(c1ccccc1C)N(CCCC)c1nnc(-c2ccc(C(N)=O)cc2)s1. The lowest BCUT2D eigenvalue weighted by Gasteiger charge is -2.24. The second kappa shape index (κ2) is 8.80. The first-order valence-corrected chi connectivity index (χ1v) is 10.1. The van der Waals surface area contributed by atoms with E-state index < -0.39 is 5.91 Å². The average molecular weight is 393 g/mol. The number of nitrogens with zero attached hydrogens (tertiary/aromatic N) is 3. The van der Waals surface area contributed by atoms with Crippen molar-refractivity contribution in [3.63, 3.8) is 0 Å². The zero-order chi connectivity index (χ0) is 20.1. The quantitative estimate of drug-likeness (QED) is 0.592. The molecule has 0 aliphatic rings. The minimum atomic E-state index is -0.440. The van der Waals surface area contributed by atoms with Crippen LogP contribution in [-0.4, -0.2) is 22.6 Å². The summed E-state index contributed by atoms with van der Waals surface area (Å²) in [7, 11) is 0. The molecule has 0 radical (unpaired) electrons. The third kappa shape index (κ3) is 4.28. The number of aryl methyl sites for hydroxylation is 1. The highest BCUT2D eigenvalue weighted by Crippen LogP contribution is 2.33. The third-order valence-corrected chi connectivity index (χ3v) is 5.57. The lowest BCUT2D eigenvalue weighted by molar-refractivity contribution is 0.100. The first kappa shape index (κ1) is 19.8. The largest absolute Gasteiger partial charge is 0.366 e. The van der Waals surface area contributed by atoms with Crippen LogP contribution < -0.4 is 10.6 Å². The van der Waals surface area contributed by atoms with Gasteiger partial charge in [-0.1, -0.05) is 67.7 Å². The Hall–Kier alpha value is -2.99. The Kier molecular flexibility index (Phi) is 6.21. The van der Waals surface area contributed by atoms with E-state index in [2.05, 4.69) is 47.7 Å². The molecule has 1 heterocycles. The van der Waals surface area contributed by atoms with Gasteiger partial charge in [0, 0.05) is 28.9 Å². The molecule has 0 unspecified atom stereocenters. The molecule has 0 bridgehead atoms. The van der Waals surface area contributed by atoms with Gasteiger partial charge in [-0.3, -0.25) is 4.79 Å². The summed E-state index contributed by atoms with van der Waals surface area (Å²) in [5.74, 6) is -0.440. The number of carbonyl (C=O) groups excluding carboxylic acids is 1. The zero-order valence-electron chi connectivity index (χ0n) is 16.2. The average Bonchev–Trinajstić information content (AvgIpc) is 3.18. The molecular formula is C22H24N4OS. The molecule has 6 heteroatoms. The molecule has 0 aliphatic heterocycles. The molecule has 3 aromatic rings. The third-order valence-electron chi connectivity index (χ3n) is 4.58. The highest BCUT2D eigenvalue weighted by atomic mass is 32.1. The number of hydrogen-bond acceptors (Lipinski definition) is 5. The van der Waals surface area contributed by atoms with Gasteiger partial charge in [0.05, 0.1) is 0 Å².